The highest BCUT2D eigenvalue weighted by Gasteiger charge is 1.96. The van der Waals surface area contributed by atoms with Crippen molar-refractivity contribution in [3.63, 3.8) is 0 Å². The van der Waals surface area contributed by atoms with Crippen LogP contribution in [0.2, 0.25) is 0 Å². The van der Waals surface area contributed by atoms with Gasteiger partial charge in [0, 0.05) is 6.42 Å². The number of hydrogen-bond donors (Lipinski definition) is 0. The van der Waals surface area contributed by atoms with E-state index in [1.807, 2.05) is 24.0 Å². The summed E-state index contributed by atoms with van der Waals surface area (Å²) in [5.41, 5.74) is 0. The highest BCUT2D eigenvalue weighted by molar-refractivity contribution is 5.52. The van der Waals surface area contributed by atoms with Crippen LogP contribution < -0.4 is 0 Å². The van der Waals surface area contributed by atoms with Crippen molar-refractivity contribution in [2.24, 2.45) is 0 Å². The quantitative estimate of drug-likeness (QED) is 0.246. The molecule has 0 saturated heterocycles. The summed E-state index contributed by atoms with van der Waals surface area (Å²) in [5.74, 6) is 0. The van der Waals surface area contributed by atoms with Gasteiger partial charge in [-0.05, 0) is 18.6 Å². The minimum Gasteiger partial charge on any atom is -0.278 e. The maximum absolute atomic E-state index is 5.22. The molecule has 10 heavy (non-hydrogen) atoms. The van der Waals surface area contributed by atoms with Crippen LogP contribution in [0.1, 0.15) is 20.3 Å². The largest absolute Gasteiger partial charge is 0.278 e. The third-order valence-corrected chi connectivity index (χ3v) is 1.08. The van der Waals surface area contributed by atoms with Crippen molar-refractivity contribution in [1.82, 2.24) is 0 Å². The Morgan fingerprint density at radius 1 is 1.50 bits per heavy atom. The Bertz CT molecular complexity index is 118. The molecule has 0 N–H and O–H groups in total. The Labute approximate surface area is 62.8 Å². The Hall–Kier alpha value is -0.790. The van der Waals surface area contributed by atoms with E-state index in [4.69, 9.17) is 4.84 Å². The summed E-state index contributed by atoms with van der Waals surface area (Å²) in [7, 11) is 0. The number of hydroxylamine groups is 1. The van der Waals surface area contributed by atoms with E-state index in [1.165, 1.54) is 0 Å². The molecule has 0 heterocycles. The van der Waals surface area contributed by atoms with E-state index in [0.717, 1.165) is 19.6 Å². The van der Waals surface area contributed by atoms with E-state index >= 15 is 0 Å². The van der Waals surface area contributed by atoms with E-state index in [2.05, 4.69) is 13.5 Å². The van der Waals surface area contributed by atoms with Gasteiger partial charge in [0.25, 0.3) is 0 Å². The fraction of sp³-hybridized carbons (Fsp3) is 0.625. The van der Waals surface area contributed by atoms with Crippen molar-refractivity contribution in [3.8, 4) is 0 Å². The molecule has 0 spiro atoms. The minimum atomic E-state index is 0.724. The molecule has 0 bridgehead atoms. The lowest BCUT2D eigenvalue weighted by Crippen LogP contribution is -2.12. The van der Waals surface area contributed by atoms with Crippen LogP contribution in [0.15, 0.2) is 12.7 Å². The molecule has 0 saturated carbocycles. The van der Waals surface area contributed by atoms with Crippen molar-refractivity contribution in [3.05, 3.63) is 12.7 Å². The minimum absolute atomic E-state index is 0.724. The standard InChI is InChI=1S/C8H16NO/c1-4-7-8-9(5-2)10-6-3/h4,8H,1,5-7H2,2-3H3/q+1. The van der Waals surface area contributed by atoms with Crippen LogP contribution in [0.3, 0.4) is 0 Å². The van der Waals surface area contributed by atoms with Gasteiger partial charge in [0.2, 0.25) is 0 Å². The number of nitrogens with zero attached hydrogens (tertiary/aromatic N) is 1. The molecule has 0 aromatic heterocycles. The highest BCUT2D eigenvalue weighted by Crippen LogP contribution is 1.80. The molecule has 0 radical (unpaired) electrons. The van der Waals surface area contributed by atoms with Gasteiger partial charge in [-0.25, -0.2) is 0 Å². The zero-order valence-electron chi connectivity index (χ0n) is 6.84. The summed E-state index contributed by atoms with van der Waals surface area (Å²) in [6, 6.07) is 0. The van der Waals surface area contributed by atoms with Crippen molar-refractivity contribution >= 4 is 6.21 Å². The number of rotatable bonds is 5. The van der Waals surface area contributed by atoms with Gasteiger partial charge in [0.05, 0.1) is 0 Å². The SMILES string of the molecule is C=CCC=[N+](CC)OCC. The number of hydrogen-bond acceptors (Lipinski definition) is 1. The van der Waals surface area contributed by atoms with Gasteiger partial charge in [-0.1, -0.05) is 6.08 Å². The van der Waals surface area contributed by atoms with E-state index < -0.39 is 0 Å². The normalized spacial score (nSPS) is 11.2. The van der Waals surface area contributed by atoms with Gasteiger partial charge in [0.15, 0.2) is 19.4 Å². The third kappa shape index (κ3) is 4.13. The van der Waals surface area contributed by atoms with Crippen LogP contribution in [0, 0.1) is 0 Å². The van der Waals surface area contributed by atoms with Gasteiger partial charge in [0.1, 0.15) is 0 Å². The first-order valence-corrected chi connectivity index (χ1v) is 3.68. The lowest BCUT2D eigenvalue weighted by molar-refractivity contribution is -0.782. The van der Waals surface area contributed by atoms with Gasteiger partial charge in [-0.2, -0.15) is 0 Å². The second-order valence-electron chi connectivity index (χ2n) is 1.86. The van der Waals surface area contributed by atoms with Crippen LogP contribution in [0.4, 0.5) is 0 Å². The topological polar surface area (TPSA) is 12.2 Å². The Morgan fingerprint density at radius 2 is 2.20 bits per heavy atom. The molecule has 2 nitrogen and oxygen atoms in total. The first-order chi connectivity index (χ1) is 4.85. The van der Waals surface area contributed by atoms with E-state index in [0.29, 0.717) is 0 Å². The van der Waals surface area contributed by atoms with Gasteiger partial charge < -0.3 is 0 Å². The van der Waals surface area contributed by atoms with E-state index in [-0.39, 0.29) is 0 Å². The number of allylic oxidation sites excluding steroid dienone is 1. The zero-order valence-corrected chi connectivity index (χ0v) is 6.84. The van der Waals surface area contributed by atoms with E-state index in [9.17, 15) is 0 Å². The van der Waals surface area contributed by atoms with Crippen LogP contribution in [0.25, 0.3) is 0 Å². The molecule has 2 heteroatoms. The average Bonchev–Trinajstić information content (AvgIpc) is 1.98. The fourth-order valence-corrected chi connectivity index (χ4v) is 0.631. The van der Waals surface area contributed by atoms with Crippen molar-refractivity contribution in [1.29, 1.82) is 0 Å². The zero-order chi connectivity index (χ0) is 7.82. The first-order valence-electron chi connectivity index (χ1n) is 3.68. The Balaban J connectivity index is 3.65. The predicted octanol–water partition coefficient (Wildman–Crippen LogP) is 1.62. The fourth-order valence-electron chi connectivity index (χ4n) is 0.631. The Kier molecular flexibility index (Phi) is 5.83. The van der Waals surface area contributed by atoms with Crippen molar-refractivity contribution in [2.75, 3.05) is 13.2 Å². The lowest BCUT2D eigenvalue weighted by Gasteiger charge is -1.95. The molecule has 0 fully saturated rings. The summed E-state index contributed by atoms with van der Waals surface area (Å²) < 4.78 is 1.82. The summed E-state index contributed by atoms with van der Waals surface area (Å²) >= 11 is 0. The summed E-state index contributed by atoms with van der Waals surface area (Å²) in [6.07, 6.45) is 4.70. The molecule has 0 aliphatic carbocycles. The summed E-state index contributed by atoms with van der Waals surface area (Å²) in [4.78, 5) is 5.22. The molecular formula is C8H16NO+. The average molecular weight is 142 g/mol. The molecule has 0 rings (SSSR count). The molecule has 0 unspecified atom stereocenters. The maximum Gasteiger partial charge on any atom is 0.196 e. The van der Waals surface area contributed by atoms with Crippen LogP contribution in [0.5, 0.6) is 0 Å². The van der Waals surface area contributed by atoms with E-state index in [1.54, 1.807) is 0 Å². The van der Waals surface area contributed by atoms with Crippen molar-refractivity contribution in [2.45, 2.75) is 20.3 Å². The molecule has 0 amide bonds. The monoisotopic (exact) mass is 142 g/mol. The molecule has 58 valence electrons. The van der Waals surface area contributed by atoms with Crippen molar-refractivity contribution < 1.29 is 9.58 Å². The lowest BCUT2D eigenvalue weighted by atomic mass is 10.5. The molecule has 0 aliphatic rings. The third-order valence-electron chi connectivity index (χ3n) is 1.08. The molecule has 0 atom stereocenters. The molecular weight excluding hydrogens is 126 g/mol. The molecule has 0 aromatic carbocycles. The highest BCUT2D eigenvalue weighted by atomic mass is 16.7. The predicted molar refractivity (Wildman–Crippen MR) is 43.3 cm³/mol. The van der Waals surface area contributed by atoms with Gasteiger partial charge in [-0.3, -0.25) is 4.84 Å². The summed E-state index contributed by atoms with van der Waals surface area (Å²) in [6.45, 7) is 9.26. The van der Waals surface area contributed by atoms with Crippen LogP contribution >= 0.6 is 0 Å². The second-order valence-corrected chi connectivity index (χ2v) is 1.86. The maximum atomic E-state index is 5.22. The van der Waals surface area contributed by atoms with Gasteiger partial charge in [-0.15, -0.1) is 6.58 Å². The molecule has 0 aliphatic heterocycles. The van der Waals surface area contributed by atoms with Gasteiger partial charge >= 0.3 is 0 Å². The smallest absolute Gasteiger partial charge is 0.196 e. The molecule has 0 aromatic rings. The van der Waals surface area contributed by atoms with Crippen LogP contribution in [-0.4, -0.2) is 24.1 Å². The van der Waals surface area contributed by atoms with Crippen LogP contribution in [-0.2, 0) is 4.84 Å². The Morgan fingerprint density at radius 3 is 2.60 bits per heavy atom. The first kappa shape index (κ1) is 9.21. The summed E-state index contributed by atoms with van der Waals surface area (Å²) in [5, 5.41) is 0. The second kappa shape index (κ2) is 6.33.